The molecule has 1 heterocycles. The highest BCUT2D eigenvalue weighted by Crippen LogP contribution is 2.34. The number of carbonyl (C=O) groups excluding carboxylic acids is 3. The predicted molar refractivity (Wildman–Crippen MR) is 109 cm³/mol. The van der Waals surface area contributed by atoms with Crippen LogP contribution in [0.15, 0.2) is 42.5 Å². The highest BCUT2D eigenvalue weighted by molar-refractivity contribution is 6.35. The van der Waals surface area contributed by atoms with E-state index < -0.39 is 29.9 Å². The summed E-state index contributed by atoms with van der Waals surface area (Å²) in [5.41, 5.74) is 0.660. The minimum atomic E-state index is -1.37. The fourth-order valence-corrected chi connectivity index (χ4v) is 3.80. The summed E-state index contributed by atoms with van der Waals surface area (Å²) in [5.74, 6) is -1.02. The van der Waals surface area contributed by atoms with Crippen molar-refractivity contribution in [2.75, 3.05) is 11.9 Å². The topological polar surface area (TPSA) is 78.5 Å². The molecule has 1 atom stereocenters. The summed E-state index contributed by atoms with van der Waals surface area (Å²) in [6.45, 7) is 3.12. The molecule has 4 amide bonds. The number of hydrogen-bond acceptors (Lipinski definition) is 3. The maximum Gasteiger partial charge on any atom is 0.325 e. The van der Waals surface area contributed by atoms with E-state index in [-0.39, 0.29) is 5.02 Å². The van der Waals surface area contributed by atoms with Gasteiger partial charge in [0.25, 0.3) is 5.91 Å². The summed E-state index contributed by atoms with van der Waals surface area (Å²) in [6, 6.07) is 11.4. The van der Waals surface area contributed by atoms with Gasteiger partial charge < -0.3 is 10.6 Å². The molecule has 0 spiro atoms. The third-order valence-corrected chi connectivity index (χ3v) is 5.27. The molecule has 0 radical (unpaired) electrons. The largest absolute Gasteiger partial charge is 0.325 e. The SMILES string of the molecule is CCc1ccccc1NC(=O)CN1C(=O)NC(C)(c2ccc(Cl)cc2Cl)C1=O. The Kier molecular flexibility index (Phi) is 5.63. The molecule has 1 aliphatic heterocycles. The Bertz CT molecular complexity index is 963. The number of nitrogens with zero attached hydrogens (tertiary/aromatic N) is 1. The molecule has 8 heteroatoms. The summed E-state index contributed by atoms with van der Waals surface area (Å²) >= 11 is 12.1. The Hall–Kier alpha value is -2.57. The van der Waals surface area contributed by atoms with Crippen LogP contribution in [0.25, 0.3) is 0 Å². The Labute approximate surface area is 172 Å². The average Bonchev–Trinajstić information content (AvgIpc) is 2.86. The summed E-state index contributed by atoms with van der Waals surface area (Å²) in [7, 11) is 0. The molecule has 146 valence electrons. The van der Waals surface area contributed by atoms with Crippen LogP contribution >= 0.6 is 23.2 Å². The number of urea groups is 1. The third kappa shape index (κ3) is 3.70. The number of para-hydroxylation sites is 1. The Morgan fingerprint density at radius 3 is 2.57 bits per heavy atom. The third-order valence-electron chi connectivity index (χ3n) is 4.72. The van der Waals surface area contributed by atoms with Crippen LogP contribution in [0.5, 0.6) is 0 Å². The van der Waals surface area contributed by atoms with Crippen molar-refractivity contribution < 1.29 is 14.4 Å². The quantitative estimate of drug-likeness (QED) is 0.719. The zero-order chi connectivity index (χ0) is 20.5. The van der Waals surface area contributed by atoms with Gasteiger partial charge in [-0.2, -0.15) is 0 Å². The molecule has 0 aromatic heterocycles. The number of carbonyl (C=O) groups is 3. The van der Waals surface area contributed by atoms with Crippen molar-refractivity contribution in [2.24, 2.45) is 0 Å². The maximum atomic E-state index is 13.0. The first-order valence-corrected chi connectivity index (χ1v) is 9.49. The number of rotatable bonds is 5. The normalized spacial score (nSPS) is 18.9. The lowest BCUT2D eigenvalue weighted by Crippen LogP contribution is -2.42. The molecule has 0 bridgehead atoms. The molecule has 1 unspecified atom stereocenters. The highest BCUT2D eigenvalue weighted by atomic mass is 35.5. The van der Waals surface area contributed by atoms with Crippen LogP contribution in [0.1, 0.15) is 25.0 Å². The smallest absolute Gasteiger partial charge is 0.324 e. The van der Waals surface area contributed by atoms with Gasteiger partial charge in [0.05, 0.1) is 0 Å². The van der Waals surface area contributed by atoms with Crippen LogP contribution in [0.2, 0.25) is 10.0 Å². The van der Waals surface area contributed by atoms with Crippen molar-refractivity contribution in [3.63, 3.8) is 0 Å². The number of anilines is 1. The molecule has 2 aromatic rings. The molecule has 2 aromatic carbocycles. The summed E-state index contributed by atoms with van der Waals surface area (Å²) in [5, 5.41) is 6.06. The fourth-order valence-electron chi connectivity index (χ4n) is 3.20. The Balaban J connectivity index is 1.79. The monoisotopic (exact) mass is 419 g/mol. The molecular formula is C20H19Cl2N3O3. The van der Waals surface area contributed by atoms with Gasteiger partial charge in [-0.25, -0.2) is 4.79 Å². The number of hydrogen-bond donors (Lipinski definition) is 2. The lowest BCUT2D eigenvalue weighted by molar-refractivity contribution is -0.133. The van der Waals surface area contributed by atoms with Gasteiger partial charge in [-0.05, 0) is 37.1 Å². The standard InChI is InChI=1S/C20H19Cl2N3O3/c1-3-12-6-4-5-7-16(12)23-17(26)11-25-18(27)20(2,24-19(25)28)14-9-8-13(21)10-15(14)22/h4-10H,3,11H2,1-2H3,(H,23,26)(H,24,28). The second kappa shape index (κ2) is 7.81. The van der Waals surface area contributed by atoms with Gasteiger partial charge in [0.2, 0.25) is 5.91 Å². The first kappa shape index (κ1) is 20.2. The Morgan fingerprint density at radius 1 is 1.18 bits per heavy atom. The summed E-state index contributed by atoms with van der Waals surface area (Å²) < 4.78 is 0. The number of amides is 4. The molecule has 1 aliphatic rings. The number of imide groups is 1. The summed E-state index contributed by atoms with van der Waals surface area (Å²) in [4.78, 5) is 38.7. The minimum absolute atomic E-state index is 0.256. The molecule has 3 rings (SSSR count). The zero-order valence-corrected chi connectivity index (χ0v) is 16.9. The van der Waals surface area contributed by atoms with E-state index in [4.69, 9.17) is 23.2 Å². The van der Waals surface area contributed by atoms with Crippen LogP contribution in [-0.4, -0.2) is 29.3 Å². The van der Waals surface area contributed by atoms with E-state index in [0.29, 0.717) is 16.3 Å². The molecule has 2 N–H and O–H groups in total. The maximum absolute atomic E-state index is 13.0. The second-order valence-corrected chi connectivity index (χ2v) is 7.47. The molecule has 28 heavy (non-hydrogen) atoms. The van der Waals surface area contributed by atoms with Gasteiger partial charge in [-0.1, -0.05) is 54.4 Å². The van der Waals surface area contributed by atoms with Gasteiger partial charge in [0, 0.05) is 21.3 Å². The number of benzene rings is 2. The first-order valence-electron chi connectivity index (χ1n) is 8.73. The minimum Gasteiger partial charge on any atom is -0.324 e. The summed E-state index contributed by atoms with van der Waals surface area (Å²) in [6.07, 6.45) is 0.743. The molecule has 0 aliphatic carbocycles. The molecule has 1 saturated heterocycles. The predicted octanol–water partition coefficient (Wildman–Crippen LogP) is 3.96. The van der Waals surface area contributed by atoms with Crippen LogP contribution in [0.3, 0.4) is 0 Å². The van der Waals surface area contributed by atoms with Crippen LogP contribution in [0, 0.1) is 0 Å². The van der Waals surface area contributed by atoms with E-state index >= 15 is 0 Å². The lowest BCUT2D eigenvalue weighted by Gasteiger charge is -2.23. The lowest BCUT2D eigenvalue weighted by atomic mass is 9.92. The number of aryl methyl sites for hydroxylation is 1. The van der Waals surface area contributed by atoms with Crippen molar-refractivity contribution in [2.45, 2.75) is 25.8 Å². The molecule has 0 saturated carbocycles. The van der Waals surface area contributed by atoms with Crippen LogP contribution < -0.4 is 10.6 Å². The molecular weight excluding hydrogens is 401 g/mol. The van der Waals surface area contributed by atoms with E-state index in [1.54, 1.807) is 25.1 Å². The van der Waals surface area contributed by atoms with Gasteiger partial charge in [0.15, 0.2) is 0 Å². The highest BCUT2D eigenvalue weighted by Gasteiger charge is 2.50. The fraction of sp³-hybridized carbons (Fsp3) is 0.250. The second-order valence-electron chi connectivity index (χ2n) is 6.63. The van der Waals surface area contributed by atoms with Gasteiger partial charge in [-0.15, -0.1) is 0 Å². The van der Waals surface area contributed by atoms with Crippen molar-refractivity contribution in [1.29, 1.82) is 0 Å². The van der Waals surface area contributed by atoms with Crippen molar-refractivity contribution in [1.82, 2.24) is 10.2 Å². The average molecular weight is 420 g/mol. The first-order chi connectivity index (χ1) is 13.3. The van der Waals surface area contributed by atoms with Crippen LogP contribution in [-0.2, 0) is 21.5 Å². The molecule has 1 fully saturated rings. The van der Waals surface area contributed by atoms with E-state index in [1.807, 2.05) is 25.1 Å². The van der Waals surface area contributed by atoms with Crippen LogP contribution in [0.4, 0.5) is 10.5 Å². The number of halogens is 2. The zero-order valence-electron chi connectivity index (χ0n) is 15.4. The van der Waals surface area contributed by atoms with E-state index in [2.05, 4.69) is 10.6 Å². The van der Waals surface area contributed by atoms with Crippen molar-refractivity contribution in [3.8, 4) is 0 Å². The van der Waals surface area contributed by atoms with Gasteiger partial charge in [0.1, 0.15) is 12.1 Å². The number of nitrogens with one attached hydrogen (secondary N) is 2. The van der Waals surface area contributed by atoms with E-state index in [0.717, 1.165) is 16.9 Å². The van der Waals surface area contributed by atoms with Crippen molar-refractivity contribution >= 4 is 46.7 Å². The van der Waals surface area contributed by atoms with E-state index in [9.17, 15) is 14.4 Å². The molecule has 6 nitrogen and oxygen atoms in total. The van der Waals surface area contributed by atoms with Crippen molar-refractivity contribution in [3.05, 3.63) is 63.6 Å². The van der Waals surface area contributed by atoms with Gasteiger partial charge >= 0.3 is 6.03 Å². The van der Waals surface area contributed by atoms with Gasteiger partial charge in [-0.3, -0.25) is 14.5 Å². The Morgan fingerprint density at radius 2 is 1.89 bits per heavy atom. The van der Waals surface area contributed by atoms with E-state index in [1.165, 1.54) is 6.07 Å².